The van der Waals surface area contributed by atoms with Gasteiger partial charge in [-0.1, -0.05) is 23.7 Å². The highest BCUT2D eigenvalue weighted by atomic mass is 35.5. The van der Waals surface area contributed by atoms with Crippen LogP contribution in [0.25, 0.3) is 10.6 Å². The van der Waals surface area contributed by atoms with Gasteiger partial charge in [-0.2, -0.15) is 0 Å². The van der Waals surface area contributed by atoms with E-state index < -0.39 is 0 Å². The first-order valence-corrected chi connectivity index (χ1v) is 8.52. The fourth-order valence-electron chi connectivity index (χ4n) is 2.21. The fourth-order valence-corrected chi connectivity index (χ4v) is 3.31. The molecule has 0 fully saturated rings. The Morgan fingerprint density at radius 3 is 2.92 bits per heavy atom. The molecule has 7 heteroatoms. The van der Waals surface area contributed by atoms with Gasteiger partial charge in [-0.15, -0.1) is 11.3 Å². The first-order chi connectivity index (χ1) is 11.6. The van der Waals surface area contributed by atoms with Crippen molar-refractivity contribution >= 4 is 34.8 Å². The lowest BCUT2D eigenvalue weighted by Crippen LogP contribution is -2.24. The lowest BCUT2D eigenvalue weighted by molar-refractivity contribution is 0.0958. The highest BCUT2D eigenvalue weighted by Gasteiger charge is 2.11. The van der Waals surface area contributed by atoms with Gasteiger partial charge in [-0.25, -0.2) is 9.97 Å². The fraction of sp³-hybridized carbons (Fsp3) is 0.118. The molecule has 5 nitrogen and oxygen atoms in total. The van der Waals surface area contributed by atoms with E-state index in [9.17, 15) is 4.79 Å². The SMILES string of the molecule is Nc1nccc(-c2ccc(C(=O)NCCc3cccc(Cl)c3)s2)n1. The molecule has 0 saturated carbocycles. The van der Waals surface area contributed by atoms with Gasteiger partial charge in [0.1, 0.15) is 0 Å². The Kier molecular flexibility index (Phi) is 5.08. The molecule has 0 atom stereocenters. The van der Waals surface area contributed by atoms with Crippen LogP contribution in [0.3, 0.4) is 0 Å². The molecule has 0 saturated heterocycles. The summed E-state index contributed by atoms with van der Waals surface area (Å²) in [6.45, 7) is 0.548. The summed E-state index contributed by atoms with van der Waals surface area (Å²) in [4.78, 5) is 21.8. The number of nitrogens with one attached hydrogen (secondary N) is 1. The third-order valence-electron chi connectivity index (χ3n) is 3.34. The van der Waals surface area contributed by atoms with Gasteiger partial charge in [0.2, 0.25) is 5.95 Å². The van der Waals surface area contributed by atoms with Gasteiger partial charge in [0.05, 0.1) is 15.4 Å². The number of hydrogen-bond acceptors (Lipinski definition) is 5. The Hall–Kier alpha value is -2.44. The number of carbonyl (C=O) groups excluding carboxylic acids is 1. The van der Waals surface area contributed by atoms with Crippen LogP contribution in [0.4, 0.5) is 5.95 Å². The molecule has 122 valence electrons. The summed E-state index contributed by atoms with van der Waals surface area (Å²) in [7, 11) is 0. The Bertz CT molecular complexity index is 865. The molecule has 1 aromatic carbocycles. The molecule has 0 aliphatic rings. The standard InChI is InChI=1S/C17H15ClN4OS/c18-12-3-1-2-11(10-12)6-8-20-16(23)15-5-4-14(24-15)13-7-9-21-17(19)22-13/h1-5,7,9-10H,6,8H2,(H,20,23)(H2,19,21,22). The molecule has 3 N–H and O–H groups in total. The molecule has 1 amide bonds. The van der Waals surface area contributed by atoms with Gasteiger partial charge in [0.25, 0.3) is 5.91 Å². The van der Waals surface area contributed by atoms with Gasteiger partial charge in [0.15, 0.2) is 0 Å². The average Bonchev–Trinajstić information content (AvgIpc) is 3.05. The third-order valence-corrected chi connectivity index (χ3v) is 4.69. The molecule has 2 aromatic heterocycles. The predicted octanol–water partition coefficient (Wildman–Crippen LogP) is 3.41. The summed E-state index contributed by atoms with van der Waals surface area (Å²) < 4.78 is 0. The normalized spacial score (nSPS) is 10.5. The zero-order valence-corrected chi connectivity index (χ0v) is 14.3. The van der Waals surface area contributed by atoms with Crippen LogP contribution >= 0.6 is 22.9 Å². The van der Waals surface area contributed by atoms with Crippen LogP contribution in [-0.2, 0) is 6.42 Å². The van der Waals surface area contributed by atoms with Gasteiger partial charge < -0.3 is 11.1 Å². The monoisotopic (exact) mass is 358 g/mol. The second-order valence-electron chi connectivity index (χ2n) is 5.10. The van der Waals surface area contributed by atoms with E-state index in [0.29, 0.717) is 22.1 Å². The lowest BCUT2D eigenvalue weighted by atomic mass is 10.1. The molecule has 0 bridgehead atoms. The molecule has 3 aromatic rings. The Balaban J connectivity index is 1.60. The van der Waals surface area contributed by atoms with Crippen LogP contribution in [0.2, 0.25) is 5.02 Å². The van der Waals surface area contributed by atoms with E-state index >= 15 is 0 Å². The number of rotatable bonds is 5. The number of thiophene rings is 1. The highest BCUT2D eigenvalue weighted by Crippen LogP contribution is 2.26. The second kappa shape index (κ2) is 7.42. The quantitative estimate of drug-likeness (QED) is 0.732. The number of amides is 1. The number of hydrogen-bond donors (Lipinski definition) is 2. The van der Waals surface area contributed by atoms with Crippen molar-refractivity contribution in [2.45, 2.75) is 6.42 Å². The van der Waals surface area contributed by atoms with Gasteiger partial charge in [0, 0.05) is 17.8 Å². The van der Waals surface area contributed by atoms with E-state index in [1.807, 2.05) is 30.3 Å². The maximum atomic E-state index is 12.2. The van der Waals surface area contributed by atoms with Crippen molar-refractivity contribution in [2.75, 3.05) is 12.3 Å². The zero-order valence-electron chi connectivity index (χ0n) is 12.7. The van der Waals surface area contributed by atoms with E-state index in [-0.39, 0.29) is 11.9 Å². The second-order valence-corrected chi connectivity index (χ2v) is 6.62. The smallest absolute Gasteiger partial charge is 0.261 e. The lowest BCUT2D eigenvalue weighted by Gasteiger charge is -2.04. The van der Waals surface area contributed by atoms with E-state index in [0.717, 1.165) is 16.9 Å². The molecule has 0 aliphatic heterocycles. The number of halogens is 1. The Morgan fingerprint density at radius 1 is 1.25 bits per heavy atom. The number of aromatic nitrogens is 2. The van der Waals surface area contributed by atoms with Gasteiger partial charge in [-0.3, -0.25) is 4.79 Å². The van der Waals surface area contributed by atoms with Crippen LogP contribution in [-0.4, -0.2) is 22.4 Å². The predicted molar refractivity (Wildman–Crippen MR) is 97.2 cm³/mol. The van der Waals surface area contributed by atoms with Crippen LogP contribution < -0.4 is 11.1 Å². The maximum Gasteiger partial charge on any atom is 0.261 e. The topological polar surface area (TPSA) is 80.9 Å². The molecule has 0 unspecified atom stereocenters. The number of nitrogens with two attached hydrogens (primary N) is 1. The van der Waals surface area contributed by atoms with Crippen LogP contribution in [0.5, 0.6) is 0 Å². The highest BCUT2D eigenvalue weighted by molar-refractivity contribution is 7.17. The summed E-state index contributed by atoms with van der Waals surface area (Å²) in [5, 5.41) is 3.61. The van der Waals surface area contributed by atoms with Crippen molar-refractivity contribution in [3.63, 3.8) is 0 Å². The number of nitrogen functional groups attached to an aromatic ring is 1. The van der Waals surface area contributed by atoms with E-state index in [1.165, 1.54) is 11.3 Å². The minimum atomic E-state index is -0.102. The van der Waals surface area contributed by atoms with Gasteiger partial charge in [-0.05, 0) is 42.3 Å². The molecular weight excluding hydrogens is 344 g/mol. The molecule has 3 rings (SSSR count). The molecule has 0 spiro atoms. The molecule has 24 heavy (non-hydrogen) atoms. The average molecular weight is 359 g/mol. The number of nitrogens with zero attached hydrogens (tertiary/aromatic N) is 2. The molecule has 0 aliphatic carbocycles. The van der Waals surface area contributed by atoms with Crippen molar-refractivity contribution in [3.8, 4) is 10.6 Å². The molecule has 0 radical (unpaired) electrons. The number of carbonyl (C=O) groups is 1. The van der Waals surface area contributed by atoms with Crippen molar-refractivity contribution in [1.82, 2.24) is 15.3 Å². The largest absolute Gasteiger partial charge is 0.368 e. The summed E-state index contributed by atoms with van der Waals surface area (Å²) in [5.41, 5.74) is 7.39. The minimum Gasteiger partial charge on any atom is -0.368 e. The van der Waals surface area contributed by atoms with Crippen LogP contribution in [0.1, 0.15) is 15.2 Å². The first-order valence-electron chi connectivity index (χ1n) is 7.33. The first kappa shape index (κ1) is 16.4. The summed E-state index contributed by atoms with van der Waals surface area (Å²) in [6.07, 6.45) is 2.33. The Labute approximate surface area is 148 Å². The van der Waals surface area contributed by atoms with Crippen LogP contribution in [0, 0.1) is 0 Å². The molecule has 2 heterocycles. The number of anilines is 1. The van der Waals surface area contributed by atoms with Crippen LogP contribution in [0.15, 0.2) is 48.7 Å². The van der Waals surface area contributed by atoms with E-state index in [2.05, 4.69) is 15.3 Å². The third kappa shape index (κ3) is 4.10. The van der Waals surface area contributed by atoms with Crippen molar-refractivity contribution < 1.29 is 4.79 Å². The van der Waals surface area contributed by atoms with Crippen molar-refractivity contribution in [1.29, 1.82) is 0 Å². The molecular formula is C17H15ClN4OS. The Morgan fingerprint density at radius 2 is 2.12 bits per heavy atom. The van der Waals surface area contributed by atoms with E-state index in [1.54, 1.807) is 18.3 Å². The minimum absolute atomic E-state index is 0.102. The zero-order chi connectivity index (χ0) is 16.9. The van der Waals surface area contributed by atoms with E-state index in [4.69, 9.17) is 17.3 Å². The maximum absolute atomic E-state index is 12.2. The summed E-state index contributed by atoms with van der Waals surface area (Å²) in [6, 6.07) is 13.0. The number of benzene rings is 1. The van der Waals surface area contributed by atoms with Gasteiger partial charge >= 0.3 is 0 Å². The van der Waals surface area contributed by atoms with Crippen molar-refractivity contribution in [2.24, 2.45) is 0 Å². The summed E-state index contributed by atoms with van der Waals surface area (Å²) in [5.74, 6) is 0.115. The summed E-state index contributed by atoms with van der Waals surface area (Å²) >= 11 is 7.32. The van der Waals surface area contributed by atoms with Crippen molar-refractivity contribution in [3.05, 3.63) is 64.1 Å².